The van der Waals surface area contributed by atoms with Gasteiger partial charge in [-0.05, 0) is 23.6 Å². The van der Waals surface area contributed by atoms with E-state index in [4.69, 9.17) is 5.73 Å². The van der Waals surface area contributed by atoms with Crippen LogP contribution in [-0.4, -0.2) is 49.6 Å². The molecule has 0 saturated carbocycles. The largest absolute Gasteiger partial charge is 0.323 e. The van der Waals surface area contributed by atoms with E-state index in [-0.39, 0.29) is 11.5 Å². The minimum absolute atomic E-state index is 0.118. The van der Waals surface area contributed by atoms with Crippen molar-refractivity contribution >= 4 is 0 Å². The summed E-state index contributed by atoms with van der Waals surface area (Å²) in [7, 11) is 2.18. The first kappa shape index (κ1) is 15.5. The number of piperazine rings is 1. The molecular weight excluding hydrogens is 246 g/mol. The van der Waals surface area contributed by atoms with Gasteiger partial charge in [-0.25, -0.2) is 0 Å². The molecule has 1 aliphatic heterocycles. The van der Waals surface area contributed by atoms with Crippen LogP contribution in [-0.2, 0) is 5.41 Å². The topological polar surface area (TPSA) is 32.5 Å². The van der Waals surface area contributed by atoms with Crippen LogP contribution < -0.4 is 5.73 Å². The average Bonchev–Trinajstić information content (AvgIpc) is 2.40. The van der Waals surface area contributed by atoms with Crippen molar-refractivity contribution in [2.45, 2.75) is 32.2 Å². The molecule has 0 bridgehead atoms. The predicted octanol–water partition coefficient (Wildman–Crippen LogP) is 2.23. The summed E-state index contributed by atoms with van der Waals surface area (Å²) in [6, 6.07) is 8.95. The number of nitrogens with two attached hydrogens (primary N) is 1. The molecule has 0 amide bonds. The molecule has 0 aromatic heterocycles. The third-order valence-corrected chi connectivity index (χ3v) is 4.26. The van der Waals surface area contributed by atoms with Crippen LogP contribution in [0.2, 0.25) is 0 Å². The molecule has 20 heavy (non-hydrogen) atoms. The highest BCUT2D eigenvalue weighted by Crippen LogP contribution is 2.23. The molecule has 1 atom stereocenters. The van der Waals surface area contributed by atoms with E-state index >= 15 is 0 Å². The fraction of sp³-hybridized carbons (Fsp3) is 0.647. The first-order chi connectivity index (χ1) is 9.36. The Morgan fingerprint density at radius 3 is 2.10 bits per heavy atom. The second-order valence-electron chi connectivity index (χ2n) is 7.08. The zero-order chi connectivity index (χ0) is 14.8. The van der Waals surface area contributed by atoms with Gasteiger partial charge in [0.1, 0.15) is 0 Å². The summed E-state index contributed by atoms with van der Waals surface area (Å²) in [6.45, 7) is 12.2. The highest BCUT2D eigenvalue weighted by Gasteiger charge is 2.18. The first-order valence-corrected chi connectivity index (χ1v) is 7.63. The molecule has 0 radical (unpaired) electrons. The van der Waals surface area contributed by atoms with Gasteiger partial charge >= 0.3 is 0 Å². The van der Waals surface area contributed by atoms with Gasteiger partial charge < -0.3 is 10.6 Å². The molecule has 112 valence electrons. The minimum atomic E-state index is 0.118. The van der Waals surface area contributed by atoms with E-state index in [1.165, 1.54) is 11.1 Å². The maximum atomic E-state index is 6.36. The van der Waals surface area contributed by atoms with Crippen molar-refractivity contribution in [1.82, 2.24) is 9.80 Å². The number of benzene rings is 1. The maximum Gasteiger partial charge on any atom is 0.0424 e. The van der Waals surface area contributed by atoms with Gasteiger partial charge in [-0.2, -0.15) is 0 Å². The lowest BCUT2D eigenvalue weighted by Gasteiger charge is -2.34. The molecule has 1 aliphatic rings. The Hall–Kier alpha value is -0.900. The summed E-state index contributed by atoms with van der Waals surface area (Å²) in [5, 5.41) is 0. The lowest BCUT2D eigenvalue weighted by atomic mass is 9.86. The molecule has 0 spiro atoms. The Bertz CT molecular complexity index is 411. The fourth-order valence-electron chi connectivity index (χ4n) is 2.64. The number of likely N-dealkylation sites (N-methyl/N-ethyl adjacent to an activating group) is 1. The summed E-state index contributed by atoms with van der Waals surface area (Å²) < 4.78 is 0. The van der Waals surface area contributed by atoms with Crippen LogP contribution in [0.4, 0.5) is 0 Å². The van der Waals surface area contributed by atoms with Gasteiger partial charge in [0.25, 0.3) is 0 Å². The van der Waals surface area contributed by atoms with E-state index < -0.39 is 0 Å². The lowest BCUT2D eigenvalue weighted by Crippen LogP contribution is -2.46. The quantitative estimate of drug-likeness (QED) is 0.918. The molecule has 3 heteroatoms. The zero-order valence-electron chi connectivity index (χ0n) is 13.4. The van der Waals surface area contributed by atoms with Crippen molar-refractivity contribution in [2.24, 2.45) is 5.73 Å². The van der Waals surface area contributed by atoms with Crippen LogP contribution in [0.25, 0.3) is 0 Å². The molecule has 0 aliphatic carbocycles. The molecule has 1 fully saturated rings. The molecule has 2 rings (SSSR count). The smallest absolute Gasteiger partial charge is 0.0424 e. The van der Waals surface area contributed by atoms with E-state index in [9.17, 15) is 0 Å². The highest BCUT2D eigenvalue weighted by molar-refractivity contribution is 5.29. The van der Waals surface area contributed by atoms with E-state index in [0.717, 1.165) is 32.7 Å². The Morgan fingerprint density at radius 1 is 1.05 bits per heavy atom. The van der Waals surface area contributed by atoms with Gasteiger partial charge in [0.15, 0.2) is 0 Å². The maximum absolute atomic E-state index is 6.36. The van der Waals surface area contributed by atoms with Gasteiger partial charge in [-0.15, -0.1) is 0 Å². The Morgan fingerprint density at radius 2 is 1.60 bits per heavy atom. The van der Waals surface area contributed by atoms with Crippen LogP contribution in [0.1, 0.15) is 37.9 Å². The van der Waals surface area contributed by atoms with Crippen LogP contribution in [0, 0.1) is 0 Å². The molecular formula is C17H29N3. The van der Waals surface area contributed by atoms with Crippen molar-refractivity contribution in [2.75, 3.05) is 39.8 Å². The van der Waals surface area contributed by atoms with Crippen LogP contribution in [0.15, 0.2) is 24.3 Å². The molecule has 1 unspecified atom stereocenters. The summed E-state index contributed by atoms with van der Waals surface area (Å²) >= 11 is 0. The third-order valence-electron chi connectivity index (χ3n) is 4.26. The monoisotopic (exact) mass is 275 g/mol. The third kappa shape index (κ3) is 4.05. The molecule has 1 aromatic rings. The van der Waals surface area contributed by atoms with Crippen molar-refractivity contribution in [3.63, 3.8) is 0 Å². The summed E-state index contributed by atoms with van der Waals surface area (Å²) in [6.07, 6.45) is 0. The van der Waals surface area contributed by atoms with Gasteiger partial charge in [0.05, 0.1) is 0 Å². The number of hydrogen-bond donors (Lipinski definition) is 1. The van der Waals surface area contributed by atoms with Crippen LogP contribution >= 0.6 is 0 Å². The van der Waals surface area contributed by atoms with Crippen molar-refractivity contribution < 1.29 is 0 Å². The molecule has 3 nitrogen and oxygen atoms in total. The highest BCUT2D eigenvalue weighted by atomic mass is 15.2. The van der Waals surface area contributed by atoms with Gasteiger partial charge in [-0.3, -0.25) is 4.90 Å². The van der Waals surface area contributed by atoms with Gasteiger partial charge in [-0.1, -0.05) is 45.0 Å². The number of hydrogen-bond acceptors (Lipinski definition) is 3. The number of nitrogens with zero attached hydrogens (tertiary/aromatic N) is 2. The van der Waals surface area contributed by atoms with E-state index in [1.807, 2.05) is 0 Å². The molecule has 2 N–H and O–H groups in total. The Labute approximate surface area is 123 Å². The van der Waals surface area contributed by atoms with Crippen molar-refractivity contribution in [1.29, 1.82) is 0 Å². The van der Waals surface area contributed by atoms with Crippen molar-refractivity contribution in [3.05, 3.63) is 35.4 Å². The van der Waals surface area contributed by atoms with E-state index in [2.05, 4.69) is 61.9 Å². The predicted molar refractivity (Wildman–Crippen MR) is 86.0 cm³/mol. The first-order valence-electron chi connectivity index (χ1n) is 7.63. The molecule has 1 saturated heterocycles. The second-order valence-corrected chi connectivity index (χ2v) is 7.08. The van der Waals surface area contributed by atoms with Crippen LogP contribution in [0.3, 0.4) is 0 Å². The van der Waals surface area contributed by atoms with Crippen LogP contribution in [0.5, 0.6) is 0 Å². The summed E-state index contributed by atoms with van der Waals surface area (Å²) in [4.78, 5) is 4.85. The lowest BCUT2D eigenvalue weighted by molar-refractivity contribution is 0.147. The van der Waals surface area contributed by atoms with Crippen molar-refractivity contribution in [3.8, 4) is 0 Å². The summed E-state index contributed by atoms with van der Waals surface area (Å²) in [5.41, 5.74) is 9.19. The Kier molecular flexibility index (Phi) is 4.84. The SMILES string of the molecule is CN1CCN(CC(N)c2ccc(C(C)(C)C)cc2)CC1. The number of rotatable bonds is 3. The molecule has 1 heterocycles. The second kappa shape index (κ2) is 6.25. The molecule has 1 aromatic carbocycles. The fourth-order valence-corrected chi connectivity index (χ4v) is 2.64. The normalized spacial score (nSPS) is 20.1. The zero-order valence-corrected chi connectivity index (χ0v) is 13.4. The Balaban J connectivity index is 1.94. The van der Waals surface area contributed by atoms with E-state index in [1.54, 1.807) is 0 Å². The van der Waals surface area contributed by atoms with E-state index in [0.29, 0.717) is 0 Å². The van der Waals surface area contributed by atoms with Gasteiger partial charge in [0.2, 0.25) is 0 Å². The summed E-state index contributed by atoms with van der Waals surface area (Å²) in [5.74, 6) is 0. The van der Waals surface area contributed by atoms with Gasteiger partial charge in [0, 0.05) is 38.8 Å². The minimum Gasteiger partial charge on any atom is -0.323 e. The standard InChI is InChI=1S/C17H29N3/c1-17(2,3)15-7-5-14(6-8-15)16(18)13-20-11-9-19(4)10-12-20/h5-8,16H,9-13,18H2,1-4H3. The average molecular weight is 275 g/mol.